The summed E-state index contributed by atoms with van der Waals surface area (Å²) < 4.78 is 5.17. The van der Waals surface area contributed by atoms with Crippen LogP contribution in [0.4, 0.5) is 0 Å². The van der Waals surface area contributed by atoms with Crippen molar-refractivity contribution in [3.05, 3.63) is 17.0 Å². The van der Waals surface area contributed by atoms with E-state index >= 15 is 0 Å². The first-order valence-electron chi connectivity index (χ1n) is 5.51. The summed E-state index contributed by atoms with van der Waals surface area (Å²) in [5.41, 5.74) is 2.26. The van der Waals surface area contributed by atoms with Gasteiger partial charge >= 0.3 is 0 Å². The zero-order chi connectivity index (χ0) is 10.8. The van der Waals surface area contributed by atoms with Gasteiger partial charge in [-0.1, -0.05) is 5.16 Å². The Bertz CT molecular complexity index is 309. The van der Waals surface area contributed by atoms with E-state index in [-0.39, 0.29) is 0 Å². The SMILES string of the molecule is Cc1noc(C)c1CN(C)C1CCNC1. The molecule has 2 heterocycles. The van der Waals surface area contributed by atoms with Crippen molar-refractivity contribution in [2.24, 2.45) is 0 Å². The molecule has 0 aromatic carbocycles. The van der Waals surface area contributed by atoms with E-state index in [2.05, 4.69) is 22.4 Å². The molecule has 1 aliphatic heterocycles. The molecule has 15 heavy (non-hydrogen) atoms. The lowest BCUT2D eigenvalue weighted by Gasteiger charge is -2.23. The molecule has 1 aromatic rings. The van der Waals surface area contributed by atoms with E-state index in [1.807, 2.05) is 13.8 Å². The molecular formula is C11H19N3O. The van der Waals surface area contributed by atoms with Crippen LogP contribution in [0.25, 0.3) is 0 Å². The van der Waals surface area contributed by atoms with Crippen LogP contribution in [0.15, 0.2) is 4.52 Å². The van der Waals surface area contributed by atoms with Crippen LogP contribution in [0, 0.1) is 13.8 Å². The monoisotopic (exact) mass is 209 g/mol. The normalized spacial score (nSPS) is 21.5. The van der Waals surface area contributed by atoms with E-state index in [9.17, 15) is 0 Å². The van der Waals surface area contributed by atoms with Crippen molar-refractivity contribution < 1.29 is 4.52 Å². The summed E-state index contributed by atoms with van der Waals surface area (Å²) in [7, 11) is 2.17. The van der Waals surface area contributed by atoms with E-state index in [1.165, 1.54) is 12.0 Å². The first-order valence-corrected chi connectivity index (χ1v) is 5.51. The Morgan fingerprint density at radius 1 is 1.53 bits per heavy atom. The Morgan fingerprint density at radius 3 is 2.87 bits per heavy atom. The van der Waals surface area contributed by atoms with Crippen molar-refractivity contribution in [2.75, 3.05) is 20.1 Å². The van der Waals surface area contributed by atoms with E-state index < -0.39 is 0 Å². The third-order valence-corrected chi connectivity index (χ3v) is 3.25. The second-order valence-electron chi connectivity index (χ2n) is 4.36. The molecule has 0 saturated carbocycles. The van der Waals surface area contributed by atoms with Crippen LogP contribution in [-0.4, -0.2) is 36.2 Å². The number of rotatable bonds is 3. The molecule has 1 aliphatic rings. The van der Waals surface area contributed by atoms with Gasteiger partial charge in [0.15, 0.2) is 0 Å². The summed E-state index contributed by atoms with van der Waals surface area (Å²) in [5, 5.41) is 7.36. The highest BCUT2D eigenvalue weighted by Crippen LogP contribution is 2.17. The second kappa shape index (κ2) is 4.33. The highest BCUT2D eigenvalue weighted by molar-refractivity contribution is 5.20. The van der Waals surface area contributed by atoms with E-state index in [1.54, 1.807) is 0 Å². The Morgan fingerprint density at radius 2 is 2.33 bits per heavy atom. The first kappa shape index (κ1) is 10.6. The fraction of sp³-hybridized carbons (Fsp3) is 0.727. The molecule has 1 unspecified atom stereocenters. The maximum absolute atomic E-state index is 5.17. The number of aromatic nitrogens is 1. The van der Waals surface area contributed by atoms with Crippen LogP contribution in [-0.2, 0) is 6.54 Å². The Balaban J connectivity index is 2.01. The third-order valence-electron chi connectivity index (χ3n) is 3.25. The second-order valence-corrected chi connectivity index (χ2v) is 4.36. The van der Waals surface area contributed by atoms with Crippen LogP contribution in [0.3, 0.4) is 0 Å². The molecule has 84 valence electrons. The van der Waals surface area contributed by atoms with Gasteiger partial charge in [-0.3, -0.25) is 4.90 Å². The zero-order valence-corrected chi connectivity index (χ0v) is 9.71. The summed E-state index contributed by atoms with van der Waals surface area (Å²) in [6.07, 6.45) is 1.24. The molecule has 1 aromatic heterocycles. The van der Waals surface area contributed by atoms with Crippen molar-refractivity contribution in [3.8, 4) is 0 Å². The van der Waals surface area contributed by atoms with Crippen LogP contribution >= 0.6 is 0 Å². The fourth-order valence-corrected chi connectivity index (χ4v) is 2.12. The lowest BCUT2D eigenvalue weighted by Crippen LogP contribution is -2.33. The van der Waals surface area contributed by atoms with E-state index in [0.717, 1.165) is 31.1 Å². The van der Waals surface area contributed by atoms with Gasteiger partial charge in [0.25, 0.3) is 0 Å². The van der Waals surface area contributed by atoms with E-state index in [4.69, 9.17) is 4.52 Å². The number of nitrogens with zero attached hydrogens (tertiary/aromatic N) is 2. The minimum absolute atomic E-state index is 0.652. The van der Waals surface area contributed by atoms with Gasteiger partial charge in [0.2, 0.25) is 0 Å². The number of hydrogen-bond donors (Lipinski definition) is 1. The van der Waals surface area contributed by atoms with Gasteiger partial charge in [-0.05, 0) is 33.9 Å². The van der Waals surface area contributed by atoms with Gasteiger partial charge in [0.1, 0.15) is 5.76 Å². The maximum Gasteiger partial charge on any atom is 0.138 e. The number of likely N-dealkylation sites (N-methyl/N-ethyl adjacent to an activating group) is 1. The van der Waals surface area contributed by atoms with Crippen LogP contribution < -0.4 is 5.32 Å². The summed E-state index contributed by atoms with van der Waals surface area (Å²) in [6, 6.07) is 0.652. The smallest absolute Gasteiger partial charge is 0.138 e. The molecule has 4 heteroatoms. The largest absolute Gasteiger partial charge is 0.361 e. The summed E-state index contributed by atoms with van der Waals surface area (Å²) in [4.78, 5) is 2.38. The Labute approximate surface area is 90.6 Å². The van der Waals surface area contributed by atoms with Crippen molar-refractivity contribution in [3.63, 3.8) is 0 Å². The van der Waals surface area contributed by atoms with Crippen LogP contribution in [0.5, 0.6) is 0 Å². The average molecular weight is 209 g/mol. The molecule has 0 aliphatic carbocycles. The molecule has 1 saturated heterocycles. The lowest BCUT2D eigenvalue weighted by molar-refractivity contribution is 0.247. The van der Waals surface area contributed by atoms with Gasteiger partial charge in [0, 0.05) is 24.7 Å². The zero-order valence-electron chi connectivity index (χ0n) is 9.71. The standard InChI is InChI=1S/C11H19N3O/c1-8-11(9(2)15-13-8)7-14(3)10-4-5-12-6-10/h10,12H,4-7H2,1-3H3. The van der Waals surface area contributed by atoms with Gasteiger partial charge in [-0.2, -0.15) is 0 Å². The van der Waals surface area contributed by atoms with E-state index in [0.29, 0.717) is 6.04 Å². The van der Waals surface area contributed by atoms with Crippen LogP contribution in [0.1, 0.15) is 23.4 Å². The minimum Gasteiger partial charge on any atom is -0.361 e. The number of hydrogen-bond acceptors (Lipinski definition) is 4. The third kappa shape index (κ3) is 2.21. The van der Waals surface area contributed by atoms with Gasteiger partial charge in [-0.15, -0.1) is 0 Å². The molecule has 1 fully saturated rings. The van der Waals surface area contributed by atoms with Gasteiger partial charge < -0.3 is 9.84 Å². The quantitative estimate of drug-likeness (QED) is 0.809. The number of nitrogens with one attached hydrogen (secondary N) is 1. The topological polar surface area (TPSA) is 41.3 Å². The molecule has 0 bridgehead atoms. The lowest BCUT2D eigenvalue weighted by atomic mass is 10.1. The maximum atomic E-state index is 5.17. The first-order chi connectivity index (χ1) is 7.18. The molecule has 0 radical (unpaired) electrons. The molecule has 2 rings (SSSR count). The fourth-order valence-electron chi connectivity index (χ4n) is 2.12. The highest BCUT2D eigenvalue weighted by atomic mass is 16.5. The Kier molecular flexibility index (Phi) is 3.07. The molecule has 0 amide bonds. The molecule has 1 N–H and O–H groups in total. The van der Waals surface area contributed by atoms with Crippen molar-refractivity contribution in [2.45, 2.75) is 32.9 Å². The molecule has 4 nitrogen and oxygen atoms in total. The molecular weight excluding hydrogens is 190 g/mol. The highest BCUT2D eigenvalue weighted by Gasteiger charge is 2.21. The average Bonchev–Trinajstić information content (AvgIpc) is 2.82. The van der Waals surface area contributed by atoms with Crippen molar-refractivity contribution >= 4 is 0 Å². The van der Waals surface area contributed by atoms with Gasteiger partial charge in [0.05, 0.1) is 5.69 Å². The predicted molar refractivity (Wildman–Crippen MR) is 58.7 cm³/mol. The summed E-state index contributed by atoms with van der Waals surface area (Å²) >= 11 is 0. The number of aryl methyl sites for hydroxylation is 2. The summed E-state index contributed by atoms with van der Waals surface area (Å²) in [5.74, 6) is 0.949. The van der Waals surface area contributed by atoms with Crippen molar-refractivity contribution in [1.29, 1.82) is 0 Å². The summed E-state index contributed by atoms with van der Waals surface area (Å²) in [6.45, 7) is 7.16. The minimum atomic E-state index is 0.652. The Hall–Kier alpha value is -0.870. The molecule has 0 spiro atoms. The predicted octanol–water partition coefficient (Wildman–Crippen LogP) is 1.09. The van der Waals surface area contributed by atoms with Crippen molar-refractivity contribution in [1.82, 2.24) is 15.4 Å². The van der Waals surface area contributed by atoms with Gasteiger partial charge in [-0.25, -0.2) is 0 Å². The van der Waals surface area contributed by atoms with Crippen LogP contribution in [0.2, 0.25) is 0 Å². The molecule has 1 atom stereocenters.